The third-order valence-corrected chi connectivity index (χ3v) is 5.71. The molecule has 0 aromatic carbocycles. The van der Waals surface area contributed by atoms with Crippen LogP contribution in [0.25, 0.3) is 11.0 Å². The van der Waals surface area contributed by atoms with Gasteiger partial charge in [-0.05, 0) is 25.7 Å². The zero-order valence-corrected chi connectivity index (χ0v) is 15.2. The number of aromatic amines is 1. The molecule has 1 saturated heterocycles. The molecular weight excluding hydrogens is 331 g/mol. The number of carbonyl (C=O) groups is 1. The Hall–Kier alpha value is -2.32. The third-order valence-electron chi connectivity index (χ3n) is 5.71. The molecule has 1 aliphatic carbocycles. The molecular formula is C17H25BN6O2. The van der Waals surface area contributed by atoms with Gasteiger partial charge in [0.2, 0.25) is 7.98 Å². The van der Waals surface area contributed by atoms with Crippen molar-refractivity contribution in [3.63, 3.8) is 0 Å². The van der Waals surface area contributed by atoms with Crippen LogP contribution in [0.4, 0.5) is 4.79 Å². The van der Waals surface area contributed by atoms with E-state index in [4.69, 9.17) is 4.98 Å². The Balaban J connectivity index is 1.67. The van der Waals surface area contributed by atoms with Crippen molar-refractivity contribution in [1.29, 1.82) is 0 Å². The first-order chi connectivity index (χ1) is 12.7. The monoisotopic (exact) mass is 356 g/mol. The van der Waals surface area contributed by atoms with Crippen LogP contribution >= 0.6 is 0 Å². The van der Waals surface area contributed by atoms with Crippen LogP contribution in [-0.4, -0.2) is 51.8 Å². The van der Waals surface area contributed by atoms with Crippen LogP contribution in [0.5, 0.6) is 0 Å². The predicted octanol–water partition coefficient (Wildman–Crippen LogP) is 1.06. The summed E-state index contributed by atoms with van der Waals surface area (Å²) < 4.78 is 1.95. The summed E-state index contributed by atoms with van der Waals surface area (Å²) in [5.74, 6) is 0.724. The number of hydrogen-bond donors (Lipinski definition) is 2. The number of piperidine rings is 1. The van der Waals surface area contributed by atoms with E-state index in [1.807, 2.05) is 4.68 Å². The molecule has 2 amide bonds. The Labute approximate surface area is 152 Å². The summed E-state index contributed by atoms with van der Waals surface area (Å²) in [6.07, 6.45) is 9.31. The van der Waals surface area contributed by atoms with Crippen LogP contribution in [0.15, 0.2) is 11.0 Å². The first kappa shape index (κ1) is 17.1. The normalized spacial score (nSPS) is 21.8. The fourth-order valence-corrected chi connectivity index (χ4v) is 4.28. The van der Waals surface area contributed by atoms with Gasteiger partial charge in [-0.3, -0.25) is 9.59 Å². The van der Waals surface area contributed by atoms with Gasteiger partial charge in [-0.15, -0.1) is 0 Å². The average molecular weight is 356 g/mol. The smallest absolute Gasteiger partial charge is 0.304 e. The second-order valence-corrected chi connectivity index (χ2v) is 7.41. The van der Waals surface area contributed by atoms with E-state index in [0.717, 1.165) is 32.2 Å². The number of nitrogens with one attached hydrogen (secondary N) is 2. The van der Waals surface area contributed by atoms with Crippen molar-refractivity contribution >= 4 is 25.0 Å². The topological polar surface area (TPSA) is 95.9 Å². The lowest BCUT2D eigenvalue weighted by Gasteiger charge is -2.32. The van der Waals surface area contributed by atoms with E-state index in [1.165, 1.54) is 19.3 Å². The van der Waals surface area contributed by atoms with Crippen LogP contribution in [0.1, 0.15) is 62.7 Å². The zero-order valence-electron chi connectivity index (χ0n) is 15.2. The summed E-state index contributed by atoms with van der Waals surface area (Å²) in [6.45, 7) is 1.31. The first-order valence-corrected chi connectivity index (χ1v) is 9.61. The number of urea groups is 1. The lowest BCUT2D eigenvalue weighted by molar-refractivity contribution is 0.184. The molecule has 2 N–H and O–H groups in total. The number of carbonyl (C=O) groups excluding carboxylic acids is 1. The highest BCUT2D eigenvalue weighted by Gasteiger charge is 2.27. The van der Waals surface area contributed by atoms with Crippen LogP contribution in [0.3, 0.4) is 0 Å². The van der Waals surface area contributed by atoms with Crippen molar-refractivity contribution in [1.82, 2.24) is 29.9 Å². The number of H-pyrrole nitrogens is 1. The molecule has 8 nitrogen and oxygen atoms in total. The minimum absolute atomic E-state index is 0.0489. The number of aromatic nitrogens is 4. The maximum Gasteiger partial charge on any atom is 0.304 e. The summed E-state index contributed by atoms with van der Waals surface area (Å²) in [4.78, 5) is 34.0. The Morgan fingerprint density at radius 3 is 2.81 bits per heavy atom. The SMILES string of the molecule is BNC(=O)N1CCCC(c2nc3c(cnn3C3CCCCC3)c(=O)[nH]2)C1. The molecule has 1 atom stereocenters. The quantitative estimate of drug-likeness (QED) is 0.787. The largest absolute Gasteiger partial charge is 0.388 e. The fraction of sp³-hybridized carbons (Fsp3) is 0.647. The number of fused-ring (bicyclic) bond motifs is 1. The van der Waals surface area contributed by atoms with Gasteiger partial charge in [0.05, 0.1) is 12.2 Å². The van der Waals surface area contributed by atoms with Crippen LogP contribution in [-0.2, 0) is 0 Å². The van der Waals surface area contributed by atoms with Crippen molar-refractivity contribution in [2.45, 2.75) is 56.9 Å². The number of nitrogens with zero attached hydrogens (tertiary/aromatic N) is 4. The van der Waals surface area contributed by atoms with Crippen molar-refractivity contribution in [2.24, 2.45) is 0 Å². The van der Waals surface area contributed by atoms with Gasteiger partial charge in [-0.2, -0.15) is 5.10 Å². The van der Waals surface area contributed by atoms with Gasteiger partial charge in [0.1, 0.15) is 11.2 Å². The lowest BCUT2D eigenvalue weighted by Crippen LogP contribution is -2.44. The van der Waals surface area contributed by atoms with Crippen molar-refractivity contribution < 1.29 is 4.79 Å². The van der Waals surface area contributed by atoms with Gasteiger partial charge >= 0.3 is 6.03 Å². The standard InChI is InChI=1S/C17H25BN6O2/c18-22-17(26)23-8-4-5-11(10-23)14-20-15-13(16(25)21-14)9-19-24(15)12-6-2-1-3-7-12/h9,11-12H,1-8,10,18H2,(H,22,26)(H,20,21,25). The molecule has 3 heterocycles. The van der Waals surface area contributed by atoms with Crippen molar-refractivity contribution in [3.8, 4) is 0 Å². The number of hydrogen-bond acceptors (Lipinski definition) is 4. The molecule has 1 unspecified atom stereocenters. The van der Waals surface area contributed by atoms with Crippen LogP contribution < -0.4 is 10.8 Å². The molecule has 0 spiro atoms. The highest BCUT2D eigenvalue weighted by Crippen LogP contribution is 2.30. The van der Waals surface area contributed by atoms with Crippen molar-refractivity contribution in [2.75, 3.05) is 13.1 Å². The highest BCUT2D eigenvalue weighted by molar-refractivity contribution is 6.13. The summed E-state index contributed by atoms with van der Waals surface area (Å²) in [5.41, 5.74) is 0.553. The van der Waals surface area contributed by atoms with E-state index < -0.39 is 0 Å². The summed E-state index contributed by atoms with van der Waals surface area (Å²) in [5, 5.41) is 7.71. The molecule has 0 bridgehead atoms. The fourth-order valence-electron chi connectivity index (χ4n) is 4.28. The number of rotatable bonds is 2. The maximum atomic E-state index is 12.6. The molecule has 1 aliphatic heterocycles. The third kappa shape index (κ3) is 3.10. The molecule has 0 radical (unpaired) electrons. The molecule has 4 rings (SSSR count). The number of amides is 2. The molecule has 138 valence electrons. The van der Waals surface area contributed by atoms with Gasteiger partial charge in [-0.25, -0.2) is 9.67 Å². The minimum atomic E-state index is -0.135. The van der Waals surface area contributed by atoms with E-state index in [-0.39, 0.29) is 17.5 Å². The Kier molecular flexibility index (Phi) is 4.69. The van der Waals surface area contributed by atoms with E-state index in [9.17, 15) is 9.59 Å². The summed E-state index contributed by atoms with van der Waals surface area (Å²) in [6, 6.07) is 0.252. The Morgan fingerprint density at radius 1 is 1.23 bits per heavy atom. The highest BCUT2D eigenvalue weighted by atomic mass is 16.2. The molecule has 2 aromatic rings. The molecule has 2 aromatic heterocycles. The van der Waals surface area contributed by atoms with Crippen molar-refractivity contribution in [3.05, 3.63) is 22.4 Å². The van der Waals surface area contributed by atoms with Gasteiger partial charge < -0.3 is 15.1 Å². The first-order valence-electron chi connectivity index (χ1n) is 9.61. The number of likely N-dealkylation sites (tertiary alicyclic amines) is 1. The Morgan fingerprint density at radius 2 is 2.04 bits per heavy atom. The zero-order chi connectivity index (χ0) is 18.1. The van der Waals surface area contributed by atoms with Gasteiger partial charge in [-0.1, -0.05) is 19.3 Å². The summed E-state index contributed by atoms with van der Waals surface area (Å²) in [7, 11) is 1.64. The molecule has 2 aliphatic rings. The maximum absolute atomic E-state index is 12.6. The summed E-state index contributed by atoms with van der Waals surface area (Å²) >= 11 is 0. The van der Waals surface area contributed by atoms with E-state index >= 15 is 0 Å². The Bertz CT molecular complexity index is 857. The molecule has 2 fully saturated rings. The molecule has 9 heteroatoms. The molecule has 1 saturated carbocycles. The second kappa shape index (κ2) is 7.13. The second-order valence-electron chi connectivity index (χ2n) is 7.41. The van der Waals surface area contributed by atoms with Gasteiger partial charge in [0.15, 0.2) is 5.65 Å². The van der Waals surface area contributed by atoms with Gasteiger partial charge in [0, 0.05) is 19.0 Å². The van der Waals surface area contributed by atoms with Crippen LogP contribution in [0, 0.1) is 0 Å². The average Bonchev–Trinajstić information content (AvgIpc) is 3.13. The van der Waals surface area contributed by atoms with E-state index in [1.54, 1.807) is 19.1 Å². The molecule has 26 heavy (non-hydrogen) atoms. The van der Waals surface area contributed by atoms with Crippen LogP contribution in [0.2, 0.25) is 0 Å². The van der Waals surface area contributed by atoms with Gasteiger partial charge in [0.25, 0.3) is 5.56 Å². The predicted molar refractivity (Wildman–Crippen MR) is 101 cm³/mol. The lowest BCUT2D eigenvalue weighted by atomic mass is 9.95. The van der Waals surface area contributed by atoms with E-state index in [0.29, 0.717) is 29.4 Å². The minimum Gasteiger partial charge on any atom is -0.388 e. The van der Waals surface area contributed by atoms with E-state index in [2.05, 4.69) is 15.3 Å².